The summed E-state index contributed by atoms with van der Waals surface area (Å²) < 4.78 is 71.2. The molecule has 4 aliphatic heterocycles. The van der Waals surface area contributed by atoms with Crippen LogP contribution in [-0.2, 0) is 77.9 Å². The van der Waals surface area contributed by atoms with Gasteiger partial charge in [0.25, 0.3) is 0 Å². The Kier molecular flexibility index (Phi) is 27.4. The van der Waals surface area contributed by atoms with Crippen LogP contribution < -0.4 is 10.6 Å². The maximum atomic E-state index is 16.0. The van der Waals surface area contributed by atoms with Crippen molar-refractivity contribution in [1.82, 2.24) is 15.2 Å². The Labute approximate surface area is 521 Å². The number of ether oxygens (including phenoxy) is 11. The summed E-state index contributed by atoms with van der Waals surface area (Å²) in [6, 6.07) is 13.1. The van der Waals surface area contributed by atoms with Crippen LogP contribution in [0.5, 0.6) is 0 Å². The maximum absolute atomic E-state index is 16.0. The second kappa shape index (κ2) is 33.4. The summed E-state index contributed by atoms with van der Waals surface area (Å²) >= 11 is 0. The third kappa shape index (κ3) is 19.3. The zero-order chi connectivity index (χ0) is 64.7. The molecule has 0 bridgehead atoms. The number of aryl methyl sites for hydroxylation is 1. The molecule has 1 aromatic heterocycles. The molecule has 4 fully saturated rings. The van der Waals surface area contributed by atoms with Gasteiger partial charge in [0, 0.05) is 89.7 Å². The minimum Gasteiger partial charge on any atom is -0.461 e. The lowest BCUT2D eigenvalue weighted by Gasteiger charge is -2.45. The summed E-state index contributed by atoms with van der Waals surface area (Å²) in [6.45, 7) is 27.3. The summed E-state index contributed by atoms with van der Waals surface area (Å²) in [7, 11) is 4.30. The number of aliphatic hydroxyl groups excluding tert-OH is 2. The molecule has 23 heteroatoms. The van der Waals surface area contributed by atoms with Gasteiger partial charge in [-0.25, -0.2) is 9.78 Å². The molecule has 22 atom stereocenters. The first kappa shape index (κ1) is 72.1. The molecule has 1 aromatic carbocycles. The van der Waals surface area contributed by atoms with E-state index in [1.807, 2.05) is 97.9 Å². The van der Waals surface area contributed by atoms with E-state index in [-0.39, 0.29) is 56.2 Å². The average Bonchev–Trinajstić information content (AvgIpc) is 3.53. The molecular weight excluding hydrogens is 1140 g/mol. The number of ketones is 1. The van der Waals surface area contributed by atoms with Gasteiger partial charge < -0.3 is 77.8 Å². The monoisotopic (exact) mass is 1240 g/mol. The number of hydrogen-bond acceptors (Lipinski definition) is 22. The molecule has 0 spiro atoms. The van der Waals surface area contributed by atoms with Crippen LogP contribution in [0.3, 0.4) is 0 Å². The highest BCUT2D eigenvalue weighted by Crippen LogP contribution is 2.41. The van der Waals surface area contributed by atoms with Gasteiger partial charge in [-0.1, -0.05) is 84.0 Å². The molecule has 496 valence electrons. The summed E-state index contributed by atoms with van der Waals surface area (Å²) in [4.78, 5) is 72.0. The molecule has 0 aliphatic carbocycles. The number of carbonyl (C=O) groups is 4. The molecule has 6 rings (SSSR count). The van der Waals surface area contributed by atoms with Gasteiger partial charge in [-0.15, -0.1) is 0 Å². The first-order chi connectivity index (χ1) is 41.7. The van der Waals surface area contributed by atoms with Gasteiger partial charge in [0.15, 0.2) is 30.3 Å². The fourth-order valence-corrected chi connectivity index (χ4v) is 12.9. The van der Waals surface area contributed by atoms with Crippen molar-refractivity contribution >= 4 is 35.3 Å². The lowest BCUT2D eigenvalue weighted by atomic mass is 9.74. The molecule has 4 N–H and O–H groups in total. The van der Waals surface area contributed by atoms with Crippen LogP contribution in [0.15, 0.2) is 53.8 Å². The Morgan fingerprint density at radius 2 is 1.55 bits per heavy atom. The predicted octanol–water partition coefficient (Wildman–Crippen LogP) is 7.39. The number of aliphatic hydroxyl groups is 2. The average molecular weight is 1240 g/mol. The van der Waals surface area contributed by atoms with Crippen LogP contribution in [0.25, 0.3) is 0 Å². The van der Waals surface area contributed by atoms with Crippen molar-refractivity contribution < 1.29 is 86.3 Å². The van der Waals surface area contributed by atoms with Crippen LogP contribution in [0.1, 0.15) is 127 Å². The number of aromatic nitrogens is 1. The van der Waals surface area contributed by atoms with Crippen molar-refractivity contribution in [3.05, 3.63) is 59.8 Å². The quantitative estimate of drug-likeness (QED) is 0.0539. The van der Waals surface area contributed by atoms with Gasteiger partial charge in [-0.3, -0.25) is 19.3 Å². The van der Waals surface area contributed by atoms with Gasteiger partial charge in [-0.2, -0.15) is 0 Å². The standard InChI is InChI=1S/C65H103N5O18/c1-35(2)27-50(71)84-56-43(10)55(38(5)34-80-63-59(78-16)58(77-15)52(72)46(13)83-63)86-61(75)45(12)57(85-51-29-39(6)70(33-41(8)81-51)26-25-67-49-28-36(3)23-24-66-49)42(9)54(87-62-53(73)48(69-79-17)30-40(7)82-62)37(4)31-65(14,60(74)44(56)11)88-64(76)68-32-47-21-19-18-20-22-47/h18-24,28,35,37-46,51-59,62-63,72-73H,25-27,29-34H2,1-17H3,(H,66,67)(H,68,76)/t37-,38-,39?,40+,41-,42+,43-,44+,45+,46+,51-,52+,53+,54-,55+,56+,57-,58+,59+,62-,63+,65-/m0/s1. The molecule has 0 radical (unpaired) electrons. The molecule has 4 aliphatic rings. The molecule has 88 heavy (non-hydrogen) atoms. The van der Waals surface area contributed by atoms with Gasteiger partial charge in [0.1, 0.15) is 49.6 Å². The Morgan fingerprint density at radius 3 is 2.20 bits per heavy atom. The highest BCUT2D eigenvalue weighted by atomic mass is 16.7. The minimum atomic E-state index is -1.98. The topological polar surface area (TPSA) is 272 Å². The molecule has 1 unspecified atom stereocenters. The van der Waals surface area contributed by atoms with Crippen LogP contribution >= 0.6 is 0 Å². The van der Waals surface area contributed by atoms with Gasteiger partial charge in [0.05, 0.1) is 54.7 Å². The second-order valence-corrected chi connectivity index (χ2v) is 25.7. The van der Waals surface area contributed by atoms with Crippen molar-refractivity contribution in [2.75, 3.05) is 52.9 Å². The second-order valence-electron chi connectivity index (χ2n) is 25.7. The number of anilines is 1. The summed E-state index contributed by atoms with van der Waals surface area (Å²) in [5.74, 6) is -6.80. The van der Waals surface area contributed by atoms with Gasteiger partial charge >= 0.3 is 18.0 Å². The Morgan fingerprint density at radius 1 is 0.841 bits per heavy atom. The number of oxime groups is 1. The number of nitrogens with one attached hydrogen (secondary N) is 2. The van der Waals surface area contributed by atoms with Crippen LogP contribution in [0.2, 0.25) is 0 Å². The van der Waals surface area contributed by atoms with E-state index in [4.69, 9.17) is 56.9 Å². The third-order valence-electron chi connectivity index (χ3n) is 17.6. The van der Waals surface area contributed by atoms with Crippen molar-refractivity contribution in [2.24, 2.45) is 46.6 Å². The van der Waals surface area contributed by atoms with Crippen molar-refractivity contribution in [2.45, 2.75) is 227 Å². The fraction of sp³-hybridized carbons (Fsp3) is 0.754. The lowest BCUT2D eigenvalue weighted by Crippen LogP contribution is -2.59. The zero-order valence-electron chi connectivity index (χ0n) is 55.0. The van der Waals surface area contributed by atoms with Gasteiger partial charge in [-0.05, 0) is 90.0 Å². The zero-order valence-corrected chi connectivity index (χ0v) is 55.0. The van der Waals surface area contributed by atoms with Crippen molar-refractivity contribution in [1.29, 1.82) is 0 Å². The molecule has 1 amide bonds. The number of cyclic esters (lactones) is 1. The maximum Gasteiger partial charge on any atom is 0.408 e. The summed E-state index contributed by atoms with van der Waals surface area (Å²) in [5.41, 5.74) is 0.178. The number of hydrogen-bond donors (Lipinski definition) is 4. The highest BCUT2D eigenvalue weighted by molar-refractivity contribution is 5.91. The number of carbonyl (C=O) groups excluding carboxylic acids is 4. The van der Waals surface area contributed by atoms with E-state index in [0.717, 1.165) is 16.9 Å². The predicted molar refractivity (Wildman–Crippen MR) is 326 cm³/mol. The first-order valence-electron chi connectivity index (χ1n) is 31.4. The smallest absolute Gasteiger partial charge is 0.408 e. The van der Waals surface area contributed by atoms with Crippen molar-refractivity contribution in [3.63, 3.8) is 0 Å². The number of esters is 2. The Hall–Kier alpha value is -4.92. The van der Waals surface area contributed by atoms with E-state index in [1.165, 1.54) is 21.3 Å². The number of Topliss-reactive ketones (excluding diaryl/α,β-unsaturated/α-hetero) is 1. The number of rotatable bonds is 21. The number of benzene rings is 1. The van der Waals surface area contributed by atoms with E-state index in [2.05, 4.69) is 32.6 Å². The number of alkyl carbamates (subject to hydrolysis) is 1. The molecule has 23 nitrogen and oxygen atoms in total. The van der Waals surface area contributed by atoms with E-state index in [1.54, 1.807) is 40.8 Å². The van der Waals surface area contributed by atoms with E-state index >= 15 is 9.59 Å². The number of pyridine rings is 1. The molecule has 5 heterocycles. The lowest BCUT2D eigenvalue weighted by molar-refractivity contribution is -0.305. The first-order valence-corrected chi connectivity index (χ1v) is 31.4. The fourth-order valence-electron chi connectivity index (χ4n) is 12.9. The molecule has 4 saturated heterocycles. The van der Waals surface area contributed by atoms with E-state index in [0.29, 0.717) is 26.1 Å². The van der Waals surface area contributed by atoms with Gasteiger partial charge in [0.2, 0.25) is 0 Å². The number of methoxy groups -OCH3 is 2. The number of nitrogens with zero attached hydrogens (tertiary/aromatic N) is 3. The van der Waals surface area contributed by atoms with E-state index in [9.17, 15) is 19.8 Å². The van der Waals surface area contributed by atoms with Crippen LogP contribution in [0, 0.1) is 48.3 Å². The SMILES string of the molecule is CON=C1C[C@@H](C)O[C@@H](O[C@@H]2[C@@H](C)[C@H](O[C@H]3CC(C)N(CCNc4cc(C)ccn4)C[C@H](C)O3)[C@@H](C)C(=O)O[C@H]([C@@H](C)CO[C@@H]3O[C@H](C)[C@@H](O)[C@@H](OC)[C@H]3OC)[C@H](C)[C@@H](OC(=O)CC(C)C)[C@@H](C)C(=O)[C@@](C)(OC(=O)NCc3ccccc3)C[C@@H]2C)[C@@H]1O. The van der Waals surface area contributed by atoms with Crippen molar-refractivity contribution in [3.8, 4) is 0 Å². The van der Waals surface area contributed by atoms with Crippen LogP contribution in [-0.4, -0.2) is 195 Å². The summed E-state index contributed by atoms with van der Waals surface area (Å²) in [5, 5.41) is 33.4. The normalized spacial score (nSPS) is 36.6. The number of amides is 1. The highest BCUT2D eigenvalue weighted by Gasteiger charge is 2.53. The van der Waals surface area contributed by atoms with E-state index < -0.39 is 145 Å². The largest absolute Gasteiger partial charge is 0.461 e. The Balaban J connectivity index is 1.48. The molecule has 2 aromatic rings. The minimum absolute atomic E-state index is 0.000447. The summed E-state index contributed by atoms with van der Waals surface area (Å²) in [6.07, 6.45) is -12.2. The molecular formula is C65H103N5O18. The third-order valence-corrected chi connectivity index (χ3v) is 17.6. The molecule has 0 saturated carbocycles. The Bertz CT molecular complexity index is 2550. The van der Waals surface area contributed by atoms with Crippen LogP contribution in [0.4, 0.5) is 10.6 Å².